The van der Waals surface area contributed by atoms with Gasteiger partial charge in [0.15, 0.2) is 5.95 Å². The fraction of sp³-hybridized carbons (Fsp3) is 0. The predicted molar refractivity (Wildman–Crippen MR) is 55.1 cm³/mol. The number of hydrogen-bond donors (Lipinski definition) is 3. The Balaban J connectivity index is 2.80. The maximum atomic E-state index is 10.9. The van der Waals surface area contributed by atoms with Crippen molar-refractivity contribution in [1.29, 1.82) is 0 Å². The van der Waals surface area contributed by atoms with Gasteiger partial charge in [-0.25, -0.2) is 4.98 Å². The fourth-order valence-electron chi connectivity index (χ4n) is 1.29. The molecule has 0 aliphatic heterocycles. The predicted octanol–water partition coefficient (Wildman–Crippen LogP) is 1.11. The zero-order valence-corrected chi connectivity index (χ0v) is 7.80. The first-order valence-electron chi connectivity index (χ1n) is 3.83. The summed E-state index contributed by atoms with van der Waals surface area (Å²) in [5.74, 6) is 0.255. The van der Waals surface area contributed by atoms with Crippen LogP contribution in [0, 0.1) is 0 Å². The third-order valence-corrected chi connectivity index (χ3v) is 2.13. The topological polar surface area (TPSA) is 97.8 Å². The van der Waals surface area contributed by atoms with Crippen LogP contribution in [0.15, 0.2) is 12.1 Å². The first kappa shape index (κ1) is 8.83. The van der Waals surface area contributed by atoms with E-state index in [4.69, 9.17) is 23.1 Å². The minimum absolute atomic E-state index is 0.241. The molecule has 2 rings (SSSR count). The van der Waals surface area contributed by atoms with Crippen molar-refractivity contribution in [3.8, 4) is 0 Å². The number of fused-ring (bicyclic) bond motifs is 1. The van der Waals surface area contributed by atoms with Gasteiger partial charge in [0.25, 0.3) is 5.24 Å². The number of anilines is 2. The molecule has 1 aromatic carbocycles. The molecule has 6 heteroatoms. The number of aromatic amines is 1. The highest BCUT2D eigenvalue weighted by atomic mass is 35.5. The average molecular weight is 211 g/mol. The number of nitrogens with one attached hydrogen (secondary N) is 1. The van der Waals surface area contributed by atoms with Crippen LogP contribution in [0.5, 0.6) is 0 Å². The Morgan fingerprint density at radius 3 is 2.79 bits per heavy atom. The summed E-state index contributed by atoms with van der Waals surface area (Å²) in [7, 11) is 0. The molecule has 0 saturated carbocycles. The number of nitrogens with two attached hydrogens (primary N) is 2. The van der Waals surface area contributed by atoms with Crippen molar-refractivity contribution < 1.29 is 4.79 Å². The van der Waals surface area contributed by atoms with E-state index in [-0.39, 0.29) is 17.2 Å². The van der Waals surface area contributed by atoms with E-state index < -0.39 is 5.24 Å². The third-order valence-electron chi connectivity index (χ3n) is 1.92. The highest BCUT2D eigenvalue weighted by molar-refractivity contribution is 6.68. The van der Waals surface area contributed by atoms with Crippen molar-refractivity contribution in [2.24, 2.45) is 0 Å². The van der Waals surface area contributed by atoms with Crippen LogP contribution in [0.4, 0.5) is 11.6 Å². The van der Waals surface area contributed by atoms with Gasteiger partial charge >= 0.3 is 0 Å². The molecule has 1 aromatic heterocycles. The summed E-state index contributed by atoms with van der Waals surface area (Å²) in [6.07, 6.45) is 0. The highest BCUT2D eigenvalue weighted by Crippen LogP contribution is 2.24. The lowest BCUT2D eigenvalue weighted by atomic mass is 10.1. The lowest BCUT2D eigenvalue weighted by molar-refractivity contribution is 0.108. The molecule has 0 unspecified atom stereocenters. The van der Waals surface area contributed by atoms with E-state index in [1.165, 1.54) is 6.07 Å². The summed E-state index contributed by atoms with van der Waals surface area (Å²) in [6.45, 7) is 0. The lowest BCUT2D eigenvalue weighted by Crippen LogP contribution is -1.98. The van der Waals surface area contributed by atoms with E-state index >= 15 is 0 Å². The molecule has 0 radical (unpaired) electrons. The molecule has 14 heavy (non-hydrogen) atoms. The van der Waals surface area contributed by atoms with Crippen LogP contribution in [0.3, 0.4) is 0 Å². The molecule has 2 aromatic rings. The molecule has 0 saturated heterocycles. The second kappa shape index (κ2) is 2.88. The second-order valence-electron chi connectivity index (χ2n) is 2.82. The zero-order chi connectivity index (χ0) is 10.3. The molecule has 0 bridgehead atoms. The van der Waals surface area contributed by atoms with Gasteiger partial charge in [0.1, 0.15) is 5.52 Å². The standard InChI is InChI=1S/C8H7ClN4O/c9-7(14)3-1-2-4-6(5(3)10)13-8(11)12-4/h1-2H,10H2,(H3,11,12,13). The Morgan fingerprint density at radius 2 is 2.14 bits per heavy atom. The number of aromatic nitrogens is 2. The molecule has 1 heterocycles. The van der Waals surface area contributed by atoms with E-state index in [1.54, 1.807) is 6.07 Å². The van der Waals surface area contributed by atoms with Crippen molar-refractivity contribution in [3.63, 3.8) is 0 Å². The van der Waals surface area contributed by atoms with Crippen LogP contribution in [-0.4, -0.2) is 15.2 Å². The maximum Gasteiger partial charge on any atom is 0.254 e. The van der Waals surface area contributed by atoms with Gasteiger partial charge in [0.05, 0.1) is 16.8 Å². The molecule has 5 nitrogen and oxygen atoms in total. The second-order valence-corrected chi connectivity index (χ2v) is 3.16. The summed E-state index contributed by atoms with van der Waals surface area (Å²) in [4.78, 5) is 17.7. The number of H-pyrrole nitrogens is 1. The van der Waals surface area contributed by atoms with E-state index in [9.17, 15) is 4.79 Å². The number of benzene rings is 1. The Kier molecular flexibility index (Phi) is 1.82. The molecule has 0 spiro atoms. The van der Waals surface area contributed by atoms with Crippen LogP contribution in [0.2, 0.25) is 0 Å². The van der Waals surface area contributed by atoms with E-state index in [1.807, 2.05) is 0 Å². The number of halogens is 1. The number of imidazole rings is 1. The number of nitrogens with zero attached hydrogens (tertiary/aromatic N) is 1. The monoisotopic (exact) mass is 210 g/mol. The van der Waals surface area contributed by atoms with Crippen LogP contribution < -0.4 is 11.5 Å². The zero-order valence-electron chi connectivity index (χ0n) is 7.04. The van der Waals surface area contributed by atoms with E-state index in [2.05, 4.69) is 9.97 Å². The minimum Gasteiger partial charge on any atom is -0.396 e. The Labute approximate surface area is 84.1 Å². The molecule has 5 N–H and O–H groups in total. The summed E-state index contributed by atoms with van der Waals surface area (Å²) < 4.78 is 0. The maximum absolute atomic E-state index is 10.9. The minimum atomic E-state index is -0.606. The number of rotatable bonds is 1. The summed E-state index contributed by atoms with van der Waals surface area (Å²) in [6, 6.07) is 3.19. The van der Waals surface area contributed by atoms with Gasteiger partial charge in [0, 0.05) is 0 Å². The average Bonchev–Trinajstić information content (AvgIpc) is 2.46. The van der Waals surface area contributed by atoms with Gasteiger partial charge in [-0.1, -0.05) is 0 Å². The van der Waals surface area contributed by atoms with Gasteiger partial charge < -0.3 is 16.5 Å². The molecular weight excluding hydrogens is 204 g/mol. The Morgan fingerprint density at radius 1 is 1.43 bits per heavy atom. The number of carbonyl (C=O) groups excluding carboxylic acids is 1. The van der Waals surface area contributed by atoms with Gasteiger partial charge in [-0.3, -0.25) is 4.79 Å². The van der Waals surface area contributed by atoms with Crippen molar-refractivity contribution in [2.75, 3.05) is 11.5 Å². The lowest BCUT2D eigenvalue weighted by Gasteiger charge is -1.99. The summed E-state index contributed by atoms with van der Waals surface area (Å²) in [5.41, 5.74) is 12.8. The Bertz CT molecular complexity index is 519. The smallest absolute Gasteiger partial charge is 0.254 e. The van der Waals surface area contributed by atoms with Crippen molar-refractivity contribution in [1.82, 2.24) is 9.97 Å². The van der Waals surface area contributed by atoms with Crippen molar-refractivity contribution in [3.05, 3.63) is 17.7 Å². The van der Waals surface area contributed by atoms with Crippen molar-refractivity contribution in [2.45, 2.75) is 0 Å². The van der Waals surface area contributed by atoms with Crippen molar-refractivity contribution >= 4 is 39.5 Å². The quantitative estimate of drug-likeness (QED) is 0.485. The first-order valence-corrected chi connectivity index (χ1v) is 4.21. The molecule has 0 aliphatic carbocycles. The van der Waals surface area contributed by atoms with Gasteiger partial charge in [-0.05, 0) is 23.7 Å². The molecular formula is C8H7ClN4O. The Hall–Kier alpha value is -1.75. The first-order chi connectivity index (χ1) is 6.59. The van der Waals surface area contributed by atoms with E-state index in [0.29, 0.717) is 11.0 Å². The van der Waals surface area contributed by atoms with Crippen LogP contribution in [0.25, 0.3) is 11.0 Å². The molecule has 0 amide bonds. The number of carbonyl (C=O) groups is 1. The van der Waals surface area contributed by atoms with Crippen LogP contribution in [-0.2, 0) is 0 Å². The third kappa shape index (κ3) is 1.18. The highest BCUT2D eigenvalue weighted by Gasteiger charge is 2.12. The van der Waals surface area contributed by atoms with Gasteiger partial charge in [-0.15, -0.1) is 0 Å². The van der Waals surface area contributed by atoms with Crippen LogP contribution in [0.1, 0.15) is 10.4 Å². The normalized spacial score (nSPS) is 10.6. The summed E-state index contributed by atoms with van der Waals surface area (Å²) >= 11 is 5.33. The molecule has 0 atom stereocenters. The van der Waals surface area contributed by atoms with Crippen LogP contribution >= 0.6 is 11.6 Å². The molecule has 72 valence electrons. The largest absolute Gasteiger partial charge is 0.396 e. The fourth-order valence-corrected chi connectivity index (χ4v) is 1.45. The number of hydrogen-bond acceptors (Lipinski definition) is 4. The van der Waals surface area contributed by atoms with Gasteiger partial charge in [-0.2, -0.15) is 0 Å². The van der Waals surface area contributed by atoms with Gasteiger partial charge in [0.2, 0.25) is 0 Å². The summed E-state index contributed by atoms with van der Waals surface area (Å²) in [5, 5.41) is -0.606. The molecule has 0 aliphatic rings. The van der Waals surface area contributed by atoms with E-state index in [0.717, 1.165) is 0 Å². The molecule has 0 fully saturated rings. The number of nitrogen functional groups attached to an aromatic ring is 2. The SMILES string of the molecule is Nc1nc2c(N)c(C(=O)Cl)ccc2[nH]1.